The minimum atomic E-state index is -0.747. The number of anilines is 1. The zero-order valence-corrected chi connectivity index (χ0v) is 22.1. The van der Waals surface area contributed by atoms with Crippen LogP contribution in [0, 0.1) is 5.92 Å². The van der Waals surface area contributed by atoms with Crippen LogP contribution in [0.4, 0.5) is 5.69 Å². The van der Waals surface area contributed by atoms with Gasteiger partial charge in [0, 0.05) is 15.8 Å². The number of carbonyl (C=O) groups excluding carboxylic acids is 3. The van der Waals surface area contributed by atoms with Crippen molar-refractivity contribution in [3.8, 4) is 11.5 Å². The number of H-pyrrole nitrogens is 1. The number of ether oxygens (including phenoxy) is 3. The molecule has 37 heavy (non-hydrogen) atoms. The van der Waals surface area contributed by atoms with Crippen LogP contribution >= 0.6 is 34.7 Å². The zero-order chi connectivity index (χ0) is 26.3. The average Bonchev–Trinajstić information content (AvgIpc) is 3.38. The van der Waals surface area contributed by atoms with Gasteiger partial charge in [0.2, 0.25) is 11.8 Å². The molecule has 1 aromatic heterocycles. The standard InChI is InChI=1S/C25H21ClN2O7S2/c1-3-34-17(29)11-35-15-9-4-12(10-16(15)33-2)18-19-21(36-22-20(18)37-25(32)27-22)24(31)28(23(19)30)14-7-5-13(26)6-8-14/h4-10,18-19,21H,3,11H2,1-2H3,(H,27,32)/t18-,19-,21+/m0/s1. The van der Waals surface area contributed by atoms with Crippen molar-refractivity contribution in [1.29, 1.82) is 0 Å². The number of rotatable bonds is 7. The summed E-state index contributed by atoms with van der Waals surface area (Å²) in [6, 6.07) is 11.6. The maximum atomic E-state index is 13.8. The second-order valence-electron chi connectivity index (χ2n) is 8.24. The quantitative estimate of drug-likeness (QED) is 0.342. The molecular formula is C25H21ClN2O7S2. The van der Waals surface area contributed by atoms with Gasteiger partial charge in [0.05, 0.1) is 30.3 Å². The molecule has 1 saturated heterocycles. The number of nitrogens with zero attached hydrogens (tertiary/aromatic N) is 1. The number of amides is 2. The lowest BCUT2D eigenvalue weighted by Gasteiger charge is -2.30. The van der Waals surface area contributed by atoms with Crippen LogP contribution in [0.15, 0.2) is 52.3 Å². The third kappa shape index (κ3) is 4.62. The summed E-state index contributed by atoms with van der Waals surface area (Å²) < 4.78 is 16.0. The van der Waals surface area contributed by atoms with Crippen molar-refractivity contribution in [3.05, 3.63) is 67.6 Å². The van der Waals surface area contributed by atoms with Crippen molar-refractivity contribution >= 4 is 58.2 Å². The van der Waals surface area contributed by atoms with Gasteiger partial charge in [-0.1, -0.05) is 40.8 Å². The van der Waals surface area contributed by atoms with Crippen LogP contribution in [0.1, 0.15) is 23.3 Å². The zero-order valence-electron chi connectivity index (χ0n) is 19.7. The first-order valence-corrected chi connectivity index (χ1v) is 13.4. The molecule has 0 aliphatic carbocycles. The van der Waals surface area contributed by atoms with Crippen LogP contribution in [0.2, 0.25) is 5.02 Å². The summed E-state index contributed by atoms with van der Waals surface area (Å²) in [6.07, 6.45) is 0. The normalized spacial score (nSPS) is 20.4. The van der Waals surface area contributed by atoms with E-state index in [0.717, 1.165) is 11.3 Å². The van der Waals surface area contributed by atoms with Crippen LogP contribution in [-0.2, 0) is 19.1 Å². The highest BCUT2D eigenvalue weighted by molar-refractivity contribution is 8.00. The molecule has 9 nitrogen and oxygen atoms in total. The third-order valence-electron chi connectivity index (χ3n) is 6.11. The Hall–Kier alpha value is -3.28. The molecule has 1 N–H and O–H groups in total. The highest BCUT2D eigenvalue weighted by Crippen LogP contribution is 2.53. The number of nitrogens with one attached hydrogen (secondary N) is 1. The highest BCUT2D eigenvalue weighted by atomic mass is 35.5. The maximum Gasteiger partial charge on any atom is 0.344 e. The Balaban J connectivity index is 1.54. The van der Waals surface area contributed by atoms with Crippen molar-refractivity contribution < 1.29 is 28.6 Å². The van der Waals surface area contributed by atoms with E-state index in [-0.39, 0.29) is 29.9 Å². The molecular weight excluding hydrogens is 540 g/mol. The molecule has 192 valence electrons. The first-order valence-electron chi connectivity index (χ1n) is 11.3. The molecule has 2 aliphatic heterocycles. The molecule has 0 unspecified atom stereocenters. The van der Waals surface area contributed by atoms with Gasteiger partial charge in [-0.15, -0.1) is 0 Å². The van der Waals surface area contributed by atoms with Crippen LogP contribution < -0.4 is 19.2 Å². The number of hydrogen-bond donors (Lipinski definition) is 1. The molecule has 3 heterocycles. The lowest BCUT2D eigenvalue weighted by Crippen LogP contribution is -2.32. The first-order chi connectivity index (χ1) is 17.8. The van der Waals surface area contributed by atoms with E-state index in [0.29, 0.717) is 37.7 Å². The Bertz CT molecular complexity index is 1440. The fourth-order valence-corrected chi connectivity index (χ4v) is 7.20. The van der Waals surface area contributed by atoms with Gasteiger partial charge in [-0.3, -0.25) is 14.4 Å². The number of fused-ring (bicyclic) bond motifs is 2. The minimum Gasteiger partial charge on any atom is -0.493 e. The Morgan fingerprint density at radius 3 is 2.54 bits per heavy atom. The SMILES string of the molecule is CCOC(=O)COc1ccc([C@@H]2c3sc(=O)[nH]c3S[C@H]3C(=O)N(c4ccc(Cl)cc4)C(=O)[C@@H]23)cc1OC. The number of methoxy groups -OCH3 is 1. The summed E-state index contributed by atoms with van der Waals surface area (Å²) in [6.45, 7) is 1.65. The second-order valence-corrected chi connectivity index (χ2v) is 10.8. The number of thioether (sulfide) groups is 1. The van der Waals surface area contributed by atoms with E-state index in [1.54, 1.807) is 49.4 Å². The van der Waals surface area contributed by atoms with E-state index in [4.69, 9.17) is 25.8 Å². The minimum absolute atomic E-state index is 0.238. The number of aromatic nitrogens is 1. The summed E-state index contributed by atoms with van der Waals surface area (Å²) in [5.74, 6) is -1.89. The predicted octanol–water partition coefficient (Wildman–Crippen LogP) is 3.84. The second kappa shape index (κ2) is 10.2. The third-order valence-corrected chi connectivity index (χ3v) is 8.76. The molecule has 0 bridgehead atoms. The van der Waals surface area contributed by atoms with Crippen molar-refractivity contribution in [3.63, 3.8) is 0 Å². The van der Waals surface area contributed by atoms with Crippen LogP contribution in [-0.4, -0.2) is 48.3 Å². The number of esters is 1. The van der Waals surface area contributed by atoms with Crippen LogP contribution in [0.5, 0.6) is 11.5 Å². The van der Waals surface area contributed by atoms with Gasteiger partial charge in [0.25, 0.3) is 0 Å². The molecule has 3 aromatic rings. The van der Waals surface area contributed by atoms with Gasteiger partial charge in [-0.05, 0) is 48.9 Å². The van der Waals surface area contributed by atoms with Crippen molar-refractivity contribution in [1.82, 2.24) is 4.98 Å². The summed E-state index contributed by atoms with van der Waals surface area (Å²) >= 11 is 8.22. The summed E-state index contributed by atoms with van der Waals surface area (Å²) in [4.78, 5) is 55.7. The number of aromatic amines is 1. The fourth-order valence-electron chi connectivity index (χ4n) is 4.56. The fraction of sp³-hybridized carbons (Fsp3) is 0.280. The number of hydrogen-bond acceptors (Lipinski definition) is 9. The molecule has 0 spiro atoms. The lowest BCUT2D eigenvalue weighted by atomic mass is 9.83. The molecule has 1 fully saturated rings. The number of imide groups is 1. The molecule has 2 aliphatic rings. The van der Waals surface area contributed by atoms with Crippen molar-refractivity contribution in [2.24, 2.45) is 5.92 Å². The van der Waals surface area contributed by atoms with E-state index in [1.807, 2.05) is 0 Å². The molecule has 0 saturated carbocycles. The van der Waals surface area contributed by atoms with Gasteiger partial charge in [-0.25, -0.2) is 9.69 Å². The van der Waals surface area contributed by atoms with Gasteiger partial charge < -0.3 is 19.2 Å². The Labute approximate surface area is 224 Å². The Kier molecular flexibility index (Phi) is 7.02. The van der Waals surface area contributed by atoms with Crippen molar-refractivity contribution in [2.45, 2.75) is 23.1 Å². The van der Waals surface area contributed by atoms with E-state index in [2.05, 4.69) is 4.98 Å². The number of benzene rings is 2. The van der Waals surface area contributed by atoms with Crippen molar-refractivity contribution in [2.75, 3.05) is 25.2 Å². The highest BCUT2D eigenvalue weighted by Gasteiger charge is 2.56. The smallest absolute Gasteiger partial charge is 0.344 e. The van der Waals surface area contributed by atoms with Crippen LogP contribution in [0.25, 0.3) is 0 Å². The van der Waals surface area contributed by atoms with Gasteiger partial charge in [0.15, 0.2) is 18.1 Å². The number of thiazole rings is 1. The molecule has 12 heteroatoms. The number of carbonyl (C=O) groups is 3. The van der Waals surface area contributed by atoms with E-state index >= 15 is 0 Å². The van der Waals surface area contributed by atoms with Gasteiger partial charge in [-0.2, -0.15) is 0 Å². The average molecular weight is 561 g/mol. The lowest BCUT2D eigenvalue weighted by molar-refractivity contribution is -0.145. The van der Waals surface area contributed by atoms with Crippen LogP contribution in [0.3, 0.4) is 0 Å². The summed E-state index contributed by atoms with van der Waals surface area (Å²) in [5, 5.41) is 0.336. The molecule has 0 radical (unpaired) electrons. The van der Waals surface area contributed by atoms with E-state index in [9.17, 15) is 19.2 Å². The number of halogens is 1. The topological polar surface area (TPSA) is 115 Å². The molecule has 5 rings (SSSR count). The first kappa shape index (κ1) is 25.4. The van der Waals surface area contributed by atoms with E-state index < -0.39 is 23.1 Å². The predicted molar refractivity (Wildman–Crippen MR) is 139 cm³/mol. The summed E-state index contributed by atoms with van der Waals surface area (Å²) in [5.41, 5.74) is 1.11. The van der Waals surface area contributed by atoms with Gasteiger partial charge >= 0.3 is 10.8 Å². The summed E-state index contributed by atoms with van der Waals surface area (Å²) in [7, 11) is 1.46. The molecule has 2 aromatic carbocycles. The van der Waals surface area contributed by atoms with Gasteiger partial charge in [0.1, 0.15) is 5.25 Å². The molecule has 2 amide bonds. The monoisotopic (exact) mass is 560 g/mol. The largest absolute Gasteiger partial charge is 0.493 e. The Morgan fingerprint density at radius 1 is 1.08 bits per heavy atom. The Morgan fingerprint density at radius 2 is 1.84 bits per heavy atom. The maximum absolute atomic E-state index is 13.8. The molecule has 3 atom stereocenters. The van der Waals surface area contributed by atoms with E-state index in [1.165, 1.54) is 23.8 Å².